The fourth-order valence-electron chi connectivity index (χ4n) is 1.68. The SMILES string of the molecule is CC1(C)OC2C=C(Br)C(=O)CC2O1. The first-order valence-electron chi connectivity index (χ1n) is 4.24. The first kappa shape index (κ1) is 9.37. The molecule has 0 spiro atoms. The maximum absolute atomic E-state index is 11.3. The van der Waals surface area contributed by atoms with Crippen LogP contribution >= 0.6 is 15.9 Å². The summed E-state index contributed by atoms with van der Waals surface area (Å²) in [6.45, 7) is 3.72. The average Bonchev–Trinajstić information content (AvgIpc) is 2.24. The Bertz CT molecular complexity index is 283. The zero-order valence-electron chi connectivity index (χ0n) is 7.54. The molecule has 0 radical (unpaired) electrons. The van der Waals surface area contributed by atoms with Crippen LogP contribution in [0.15, 0.2) is 10.6 Å². The smallest absolute Gasteiger partial charge is 0.172 e. The average molecular weight is 247 g/mol. The van der Waals surface area contributed by atoms with Gasteiger partial charge in [0.05, 0.1) is 10.6 Å². The highest BCUT2D eigenvalue weighted by atomic mass is 79.9. The van der Waals surface area contributed by atoms with Crippen LogP contribution in [0.25, 0.3) is 0 Å². The standard InChI is InChI=1S/C9H11BrO3/c1-9(2)12-7-3-5(10)6(11)4-8(7)13-9/h3,7-8H,4H2,1-2H3. The van der Waals surface area contributed by atoms with E-state index in [4.69, 9.17) is 9.47 Å². The molecule has 2 rings (SSSR count). The lowest BCUT2D eigenvalue weighted by atomic mass is 10.0. The van der Waals surface area contributed by atoms with Crippen molar-refractivity contribution in [2.75, 3.05) is 0 Å². The molecule has 72 valence electrons. The summed E-state index contributed by atoms with van der Waals surface area (Å²) in [6.07, 6.45) is 2.00. The lowest BCUT2D eigenvalue weighted by Crippen LogP contribution is -2.28. The minimum atomic E-state index is -0.566. The molecular formula is C9H11BrO3. The highest BCUT2D eigenvalue weighted by Crippen LogP contribution is 2.35. The third-order valence-electron chi connectivity index (χ3n) is 2.19. The summed E-state index contributed by atoms with van der Waals surface area (Å²) in [6, 6.07) is 0. The van der Waals surface area contributed by atoms with Crippen molar-refractivity contribution >= 4 is 21.7 Å². The van der Waals surface area contributed by atoms with Gasteiger partial charge in [-0.25, -0.2) is 0 Å². The second-order valence-corrected chi connectivity index (χ2v) is 4.63. The van der Waals surface area contributed by atoms with Crippen LogP contribution in [0.1, 0.15) is 20.3 Å². The minimum Gasteiger partial charge on any atom is -0.344 e. The molecule has 1 fully saturated rings. The van der Waals surface area contributed by atoms with Crippen molar-refractivity contribution in [3.63, 3.8) is 0 Å². The Balaban J connectivity index is 2.22. The highest BCUT2D eigenvalue weighted by Gasteiger charge is 2.43. The van der Waals surface area contributed by atoms with Gasteiger partial charge in [0.1, 0.15) is 6.10 Å². The predicted molar refractivity (Wildman–Crippen MR) is 50.5 cm³/mol. The molecule has 2 aliphatic rings. The Morgan fingerprint density at radius 2 is 2.23 bits per heavy atom. The number of ketones is 1. The van der Waals surface area contributed by atoms with Crippen LogP contribution in [0, 0.1) is 0 Å². The molecule has 1 aliphatic carbocycles. The zero-order valence-corrected chi connectivity index (χ0v) is 9.13. The molecule has 1 saturated heterocycles. The quantitative estimate of drug-likeness (QED) is 0.654. The van der Waals surface area contributed by atoms with Gasteiger partial charge in [-0.1, -0.05) is 0 Å². The van der Waals surface area contributed by atoms with E-state index in [9.17, 15) is 4.79 Å². The normalized spacial score (nSPS) is 37.2. The molecule has 1 heterocycles. The summed E-state index contributed by atoms with van der Waals surface area (Å²) in [5.41, 5.74) is 0. The summed E-state index contributed by atoms with van der Waals surface area (Å²) in [7, 11) is 0. The molecule has 2 atom stereocenters. The van der Waals surface area contributed by atoms with Gasteiger partial charge in [0.2, 0.25) is 0 Å². The van der Waals surface area contributed by atoms with Gasteiger partial charge in [0.15, 0.2) is 11.6 Å². The maximum atomic E-state index is 11.3. The number of carbonyl (C=O) groups is 1. The maximum Gasteiger partial charge on any atom is 0.172 e. The number of carbonyl (C=O) groups excluding carboxylic acids is 1. The van der Waals surface area contributed by atoms with Crippen molar-refractivity contribution in [3.8, 4) is 0 Å². The van der Waals surface area contributed by atoms with Crippen LogP contribution in [0.4, 0.5) is 0 Å². The van der Waals surface area contributed by atoms with Crippen LogP contribution in [-0.2, 0) is 14.3 Å². The Morgan fingerprint density at radius 1 is 1.54 bits per heavy atom. The van der Waals surface area contributed by atoms with Crippen molar-refractivity contribution in [3.05, 3.63) is 10.6 Å². The van der Waals surface area contributed by atoms with Gasteiger partial charge in [-0.2, -0.15) is 0 Å². The molecule has 0 amide bonds. The van der Waals surface area contributed by atoms with E-state index < -0.39 is 5.79 Å². The Kier molecular flexibility index (Phi) is 2.09. The topological polar surface area (TPSA) is 35.5 Å². The van der Waals surface area contributed by atoms with Crippen LogP contribution in [-0.4, -0.2) is 23.8 Å². The highest BCUT2D eigenvalue weighted by molar-refractivity contribution is 9.12. The molecule has 0 bridgehead atoms. The molecule has 3 nitrogen and oxygen atoms in total. The van der Waals surface area contributed by atoms with Crippen molar-refractivity contribution < 1.29 is 14.3 Å². The van der Waals surface area contributed by atoms with E-state index >= 15 is 0 Å². The summed E-state index contributed by atoms with van der Waals surface area (Å²) in [5, 5.41) is 0. The van der Waals surface area contributed by atoms with Crippen molar-refractivity contribution in [1.29, 1.82) is 0 Å². The Morgan fingerprint density at radius 3 is 2.92 bits per heavy atom. The number of fused-ring (bicyclic) bond motifs is 1. The monoisotopic (exact) mass is 246 g/mol. The number of rotatable bonds is 0. The second kappa shape index (κ2) is 2.90. The number of hydrogen-bond acceptors (Lipinski definition) is 3. The second-order valence-electron chi connectivity index (χ2n) is 3.78. The number of allylic oxidation sites excluding steroid dienone is 1. The fourth-order valence-corrected chi connectivity index (χ4v) is 2.10. The molecule has 0 aromatic heterocycles. The Hall–Kier alpha value is -0.190. The largest absolute Gasteiger partial charge is 0.344 e. The van der Waals surface area contributed by atoms with E-state index in [0.29, 0.717) is 10.9 Å². The molecule has 0 N–H and O–H groups in total. The van der Waals surface area contributed by atoms with Crippen LogP contribution in [0.3, 0.4) is 0 Å². The van der Waals surface area contributed by atoms with Crippen molar-refractivity contribution in [2.45, 2.75) is 38.3 Å². The lowest BCUT2D eigenvalue weighted by molar-refractivity contribution is -0.144. The summed E-state index contributed by atoms with van der Waals surface area (Å²) in [4.78, 5) is 11.3. The Labute approximate surface area is 85.2 Å². The van der Waals surface area contributed by atoms with E-state index in [2.05, 4.69) is 15.9 Å². The van der Waals surface area contributed by atoms with E-state index in [1.165, 1.54) is 0 Å². The molecule has 13 heavy (non-hydrogen) atoms. The van der Waals surface area contributed by atoms with E-state index in [0.717, 1.165) is 0 Å². The number of hydrogen-bond donors (Lipinski definition) is 0. The van der Waals surface area contributed by atoms with Crippen molar-refractivity contribution in [2.24, 2.45) is 0 Å². The molecule has 0 saturated carbocycles. The van der Waals surface area contributed by atoms with Gasteiger partial charge >= 0.3 is 0 Å². The fraction of sp³-hybridized carbons (Fsp3) is 0.667. The predicted octanol–water partition coefficient (Wildman–Crippen LogP) is 1.76. The third-order valence-corrected chi connectivity index (χ3v) is 2.89. The first-order chi connectivity index (χ1) is 5.98. The summed E-state index contributed by atoms with van der Waals surface area (Å²) >= 11 is 3.20. The molecule has 4 heteroatoms. The van der Waals surface area contributed by atoms with E-state index in [1.807, 2.05) is 13.8 Å². The van der Waals surface area contributed by atoms with E-state index in [-0.39, 0.29) is 18.0 Å². The lowest BCUT2D eigenvalue weighted by Gasteiger charge is -2.17. The van der Waals surface area contributed by atoms with Gasteiger partial charge in [0, 0.05) is 6.42 Å². The molecule has 2 unspecified atom stereocenters. The number of halogens is 1. The van der Waals surface area contributed by atoms with Crippen LogP contribution < -0.4 is 0 Å². The van der Waals surface area contributed by atoms with Crippen LogP contribution in [0.2, 0.25) is 0 Å². The summed E-state index contributed by atoms with van der Waals surface area (Å²) in [5.74, 6) is -0.480. The number of Topliss-reactive ketones (excluding diaryl/α,β-unsaturated/α-hetero) is 1. The molecular weight excluding hydrogens is 236 g/mol. The van der Waals surface area contributed by atoms with Gasteiger partial charge in [0.25, 0.3) is 0 Å². The van der Waals surface area contributed by atoms with Gasteiger partial charge in [-0.3, -0.25) is 4.79 Å². The van der Waals surface area contributed by atoms with Crippen molar-refractivity contribution in [1.82, 2.24) is 0 Å². The van der Waals surface area contributed by atoms with Crippen LogP contribution in [0.5, 0.6) is 0 Å². The van der Waals surface area contributed by atoms with E-state index in [1.54, 1.807) is 6.08 Å². The summed E-state index contributed by atoms with van der Waals surface area (Å²) < 4.78 is 11.8. The van der Waals surface area contributed by atoms with Gasteiger partial charge in [-0.15, -0.1) is 0 Å². The first-order valence-corrected chi connectivity index (χ1v) is 5.03. The molecule has 0 aromatic rings. The minimum absolute atomic E-state index is 0.0814. The zero-order chi connectivity index (χ0) is 9.64. The van der Waals surface area contributed by atoms with Gasteiger partial charge < -0.3 is 9.47 Å². The van der Waals surface area contributed by atoms with Gasteiger partial charge in [-0.05, 0) is 35.9 Å². The molecule has 0 aromatic carbocycles. The molecule has 1 aliphatic heterocycles. The number of ether oxygens (including phenoxy) is 2. The third kappa shape index (κ3) is 1.71.